The number of amides is 1. The van der Waals surface area contributed by atoms with Gasteiger partial charge in [0, 0.05) is 45.7 Å². The van der Waals surface area contributed by atoms with Crippen LogP contribution in [0.1, 0.15) is 43.8 Å². The Balaban J connectivity index is 1.23. The molecule has 35 heavy (non-hydrogen) atoms. The van der Waals surface area contributed by atoms with Gasteiger partial charge >= 0.3 is 0 Å². The summed E-state index contributed by atoms with van der Waals surface area (Å²) < 4.78 is 16.7. The molecule has 4 heterocycles. The first kappa shape index (κ1) is 24.8. The number of aliphatic hydroxyl groups excluding tert-OH is 1. The van der Waals surface area contributed by atoms with E-state index in [4.69, 9.17) is 14.2 Å². The number of hydrogen-bond donors (Lipinski definition) is 3. The van der Waals surface area contributed by atoms with Gasteiger partial charge in [-0.05, 0) is 56.6 Å². The Morgan fingerprint density at radius 2 is 1.80 bits per heavy atom. The summed E-state index contributed by atoms with van der Waals surface area (Å²) in [5, 5.41) is 25.4. The number of nitrogens with one attached hydrogen (secondary N) is 1. The molecule has 1 amide bonds. The van der Waals surface area contributed by atoms with E-state index < -0.39 is 17.7 Å². The number of β-amino-alcohol motifs (C(OH)–C–C–N with tert-alkyl or cyclic N) is 1. The van der Waals surface area contributed by atoms with Gasteiger partial charge in [0.15, 0.2) is 11.5 Å². The van der Waals surface area contributed by atoms with E-state index in [1.807, 2.05) is 18.2 Å². The molecule has 4 aliphatic heterocycles. The Bertz CT molecular complexity index is 871. The van der Waals surface area contributed by atoms with E-state index >= 15 is 0 Å². The van der Waals surface area contributed by atoms with Crippen molar-refractivity contribution in [3.63, 3.8) is 0 Å². The molecule has 0 aromatic heterocycles. The highest BCUT2D eigenvalue weighted by atomic mass is 16.6. The smallest absolute Gasteiger partial charge is 0.224 e. The molecule has 4 aliphatic rings. The van der Waals surface area contributed by atoms with Crippen LogP contribution in [-0.2, 0) is 9.53 Å². The highest BCUT2D eigenvalue weighted by molar-refractivity contribution is 5.79. The average Bonchev–Trinajstić information content (AvgIpc) is 3.55. The molecule has 0 radical (unpaired) electrons. The van der Waals surface area contributed by atoms with Gasteiger partial charge in [0.05, 0.1) is 17.6 Å². The summed E-state index contributed by atoms with van der Waals surface area (Å²) in [4.78, 5) is 17.8. The van der Waals surface area contributed by atoms with Crippen LogP contribution in [0.5, 0.6) is 11.5 Å². The first-order valence-corrected chi connectivity index (χ1v) is 13.1. The molecule has 0 saturated carbocycles. The fraction of sp³-hybridized carbons (Fsp3) is 0.731. The van der Waals surface area contributed by atoms with E-state index in [0.717, 1.165) is 38.9 Å². The Morgan fingerprint density at radius 3 is 2.57 bits per heavy atom. The van der Waals surface area contributed by atoms with Crippen molar-refractivity contribution in [3.8, 4) is 11.5 Å². The summed E-state index contributed by atoms with van der Waals surface area (Å²) in [7, 11) is 0. The van der Waals surface area contributed by atoms with Crippen molar-refractivity contribution in [2.45, 2.75) is 49.9 Å². The Kier molecular flexibility index (Phi) is 7.79. The molecule has 3 atom stereocenters. The molecule has 194 valence electrons. The predicted molar refractivity (Wildman–Crippen MR) is 130 cm³/mol. The minimum atomic E-state index is -0.851. The monoisotopic (exact) mass is 489 g/mol. The van der Waals surface area contributed by atoms with Crippen molar-refractivity contribution in [3.05, 3.63) is 23.8 Å². The fourth-order valence-corrected chi connectivity index (χ4v) is 5.76. The number of benzene rings is 1. The quantitative estimate of drug-likeness (QED) is 0.496. The minimum Gasteiger partial charge on any atom is -0.486 e. The van der Waals surface area contributed by atoms with Crippen LogP contribution in [0.4, 0.5) is 0 Å². The summed E-state index contributed by atoms with van der Waals surface area (Å²) in [6.45, 7) is 6.77. The second-order valence-corrected chi connectivity index (χ2v) is 10.5. The normalized spacial score (nSPS) is 26.4. The van der Waals surface area contributed by atoms with Gasteiger partial charge in [-0.1, -0.05) is 6.07 Å². The lowest BCUT2D eigenvalue weighted by Crippen LogP contribution is -2.49. The third-order valence-electron chi connectivity index (χ3n) is 7.85. The van der Waals surface area contributed by atoms with Crippen LogP contribution in [0, 0.1) is 5.92 Å². The second kappa shape index (κ2) is 11.0. The van der Waals surface area contributed by atoms with Gasteiger partial charge in [-0.3, -0.25) is 9.69 Å². The largest absolute Gasteiger partial charge is 0.486 e. The fourth-order valence-electron chi connectivity index (χ4n) is 5.76. The zero-order chi connectivity index (χ0) is 24.3. The summed E-state index contributed by atoms with van der Waals surface area (Å²) in [6, 6.07) is 5.09. The molecule has 0 aliphatic carbocycles. The topological polar surface area (TPSA) is 104 Å². The predicted octanol–water partition coefficient (Wildman–Crippen LogP) is 0.935. The van der Waals surface area contributed by atoms with Gasteiger partial charge in [-0.25, -0.2) is 0 Å². The Morgan fingerprint density at radius 1 is 1.06 bits per heavy atom. The molecule has 0 spiro atoms. The SMILES string of the molecule is O=C(N[C@H](CN1CCCC1)[C@H](O)c1ccc2c(c1)OCCO2)C1CCN(CC2(O)CCOCC2)C1. The van der Waals surface area contributed by atoms with Gasteiger partial charge in [0.2, 0.25) is 5.91 Å². The molecule has 5 rings (SSSR count). The van der Waals surface area contributed by atoms with Gasteiger partial charge in [0.25, 0.3) is 0 Å². The van der Waals surface area contributed by atoms with E-state index in [-0.39, 0.29) is 11.8 Å². The lowest BCUT2D eigenvalue weighted by molar-refractivity contribution is -0.126. The molecular weight excluding hydrogens is 450 g/mol. The Labute approximate surface area is 207 Å². The van der Waals surface area contributed by atoms with E-state index in [2.05, 4.69) is 15.1 Å². The zero-order valence-corrected chi connectivity index (χ0v) is 20.5. The first-order valence-electron chi connectivity index (χ1n) is 13.1. The number of rotatable bonds is 8. The lowest BCUT2D eigenvalue weighted by Gasteiger charge is -2.35. The van der Waals surface area contributed by atoms with Crippen LogP contribution in [-0.4, -0.2) is 103 Å². The van der Waals surface area contributed by atoms with Gasteiger partial charge in [-0.2, -0.15) is 0 Å². The highest BCUT2D eigenvalue weighted by Crippen LogP contribution is 2.34. The summed E-state index contributed by atoms with van der Waals surface area (Å²) in [5.41, 5.74) is -0.00962. The van der Waals surface area contributed by atoms with Crippen molar-refractivity contribution in [1.82, 2.24) is 15.1 Å². The minimum absolute atomic E-state index is 0.0211. The number of fused-ring (bicyclic) bond motifs is 1. The number of nitrogens with zero attached hydrogens (tertiary/aromatic N) is 2. The number of likely N-dealkylation sites (tertiary alicyclic amines) is 2. The zero-order valence-electron chi connectivity index (χ0n) is 20.5. The number of hydrogen-bond acceptors (Lipinski definition) is 8. The molecule has 9 nitrogen and oxygen atoms in total. The molecule has 3 saturated heterocycles. The third-order valence-corrected chi connectivity index (χ3v) is 7.85. The highest BCUT2D eigenvalue weighted by Gasteiger charge is 2.37. The number of aliphatic hydroxyl groups is 2. The van der Waals surface area contributed by atoms with Crippen molar-refractivity contribution in [2.75, 3.05) is 65.7 Å². The maximum absolute atomic E-state index is 13.3. The van der Waals surface area contributed by atoms with Gasteiger partial charge in [-0.15, -0.1) is 0 Å². The standard InChI is InChI=1S/C26H39N3O6/c30-24(19-3-4-22-23(15-19)35-14-13-34-22)21(17-28-8-1-2-9-28)27-25(31)20-5-10-29(16-20)18-26(32)6-11-33-12-7-26/h3-4,15,20-21,24,30,32H,1-2,5-14,16-18H2,(H,27,31)/t20?,21-,24-/m1/s1. The van der Waals surface area contributed by atoms with Crippen molar-refractivity contribution >= 4 is 5.91 Å². The molecule has 3 fully saturated rings. The number of carbonyl (C=O) groups excluding carboxylic acids is 1. The van der Waals surface area contributed by atoms with Crippen molar-refractivity contribution < 1.29 is 29.2 Å². The van der Waals surface area contributed by atoms with E-state index in [0.29, 0.717) is 76.0 Å². The van der Waals surface area contributed by atoms with Crippen molar-refractivity contribution in [2.24, 2.45) is 5.92 Å². The van der Waals surface area contributed by atoms with Crippen molar-refractivity contribution in [1.29, 1.82) is 0 Å². The summed E-state index contributed by atoms with van der Waals surface area (Å²) in [6.07, 6.45) is 3.48. The molecule has 1 unspecified atom stereocenters. The van der Waals surface area contributed by atoms with Crippen LogP contribution >= 0.6 is 0 Å². The average molecular weight is 490 g/mol. The Hall–Kier alpha value is -1.91. The molecular formula is C26H39N3O6. The maximum Gasteiger partial charge on any atom is 0.224 e. The maximum atomic E-state index is 13.3. The number of ether oxygens (including phenoxy) is 3. The summed E-state index contributed by atoms with van der Waals surface area (Å²) in [5.74, 6) is 1.15. The molecule has 1 aromatic rings. The molecule has 9 heteroatoms. The van der Waals surface area contributed by atoms with Crippen LogP contribution in [0.2, 0.25) is 0 Å². The molecule has 0 bridgehead atoms. The third kappa shape index (κ3) is 6.09. The lowest BCUT2D eigenvalue weighted by atomic mass is 9.94. The van der Waals surface area contributed by atoms with Crippen LogP contribution < -0.4 is 14.8 Å². The van der Waals surface area contributed by atoms with Crippen LogP contribution in [0.15, 0.2) is 18.2 Å². The first-order chi connectivity index (χ1) is 17.0. The van der Waals surface area contributed by atoms with E-state index in [1.54, 1.807) is 0 Å². The molecule has 3 N–H and O–H groups in total. The van der Waals surface area contributed by atoms with Gasteiger partial charge < -0.3 is 34.6 Å². The van der Waals surface area contributed by atoms with Crippen LogP contribution in [0.3, 0.4) is 0 Å². The number of carbonyl (C=O) groups is 1. The van der Waals surface area contributed by atoms with Crippen LogP contribution in [0.25, 0.3) is 0 Å². The second-order valence-electron chi connectivity index (χ2n) is 10.5. The summed E-state index contributed by atoms with van der Waals surface area (Å²) >= 11 is 0. The van der Waals surface area contributed by atoms with E-state index in [9.17, 15) is 15.0 Å². The van der Waals surface area contributed by atoms with Gasteiger partial charge in [0.1, 0.15) is 19.3 Å². The van der Waals surface area contributed by atoms with E-state index in [1.165, 1.54) is 0 Å². The molecule has 1 aromatic carbocycles.